The van der Waals surface area contributed by atoms with Crippen LogP contribution in [0.4, 0.5) is 0 Å². The fraction of sp³-hybridized carbons (Fsp3) is 0.909. The lowest BCUT2D eigenvalue weighted by atomic mass is 9.97. The fourth-order valence-corrected chi connectivity index (χ4v) is 1.74. The van der Waals surface area contributed by atoms with Crippen molar-refractivity contribution < 1.29 is 8.49 Å². The summed E-state index contributed by atoms with van der Waals surface area (Å²) in [5.41, 5.74) is 5.78. The van der Waals surface area contributed by atoms with E-state index < -0.39 is 11.1 Å². The van der Waals surface area contributed by atoms with Crippen molar-refractivity contribution in [3.8, 4) is 0 Å². The van der Waals surface area contributed by atoms with Crippen molar-refractivity contribution in [1.82, 2.24) is 0 Å². The molecule has 2 unspecified atom stereocenters. The molecule has 16 heavy (non-hydrogen) atoms. The van der Waals surface area contributed by atoms with Crippen LogP contribution < -0.4 is 5.73 Å². The van der Waals surface area contributed by atoms with Crippen molar-refractivity contribution in [3.63, 3.8) is 0 Å². The highest BCUT2D eigenvalue weighted by Crippen LogP contribution is 2.14. The van der Waals surface area contributed by atoms with Crippen molar-refractivity contribution in [2.45, 2.75) is 52.4 Å². The fourth-order valence-electron chi connectivity index (χ4n) is 1.55. The number of amidine groups is 1. The number of hydrogen-bond donors (Lipinski definition) is 1. The summed E-state index contributed by atoms with van der Waals surface area (Å²) in [5.74, 6) is 0.717. The maximum Gasteiger partial charge on any atom is 0.229 e. The summed E-state index contributed by atoms with van der Waals surface area (Å²) < 4.78 is 15.3. The second-order valence-corrected chi connectivity index (χ2v) is 4.90. The van der Waals surface area contributed by atoms with Gasteiger partial charge in [0.2, 0.25) is 11.1 Å². The number of oxime groups is 1. The molecule has 0 aliphatic rings. The highest BCUT2D eigenvalue weighted by atomic mass is 32.2. The quantitative estimate of drug-likeness (QED) is 0.295. The average Bonchev–Trinajstić information content (AvgIpc) is 2.26. The molecule has 96 valence electrons. The first kappa shape index (κ1) is 15.4. The third kappa shape index (κ3) is 7.68. The molecule has 0 aromatic rings. The molecule has 0 bridgehead atoms. The van der Waals surface area contributed by atoms with E-state index in [1.165, 1.54) is 25.5 Å². The van der Waals surface area contributed by atoms with Gasteiger partial charge in [-0.25, -0.2) is 4.21 Å². The van der Waals surface area contributed by atoms with Gasteiger partial charge in [-0.15, -0.1) is 0 Å². The van der Waals surface area contributed by atoms with E-state index in [4.69, 9.17) is 5.73 Å². The summed E-state index contributed by atoms with van der Waals surface area (Å²) in [5, 5.41) is 3.69. The number of unbranched alkanes of at least 4 members (excludes halogenated alkanes) is 3. The van der Waals surface area contributed by atoms with Crippen LogP contribution in [0.15, 0.2) is 5.16 Å². The summed E-state index contributed by atoms with van der Waals surface area (Å²) in [6.07, 6.45) is 8.31. The first-order chi connectivity index (χ1) is 7.61. The van der Waals surface area contributed by atoms with Crippen LogP contribution in [-0.4, -0.2) is 16.3 Å². The molecular formula is C11H24N2O2S. The van der Waals surface area contributed by atoms with Crippen LogP contribution in [-0.2, 0) is 15.4 Å². The summed E-state index contributed by atoms with van der Waals surface area (Å²) in [4.78, 5) is 0. The van der Waals surface area contributed by atoms with Crippen LogP contribution in [0.25, 0.3) is 0 Å². The van der Waals surface area contributed by atoms with Crippen molar-refractivity contribution in [3.05, 3.63) is 0 Å². The van der Waals surface area contributed by atoms with E-state index in [1.807, 2.05) is 0 Å². The smallest absolute Gasteiger partial charge is 0.229 e. The topological polar surface area (TPSA) is 64.7 Å². The van der Waals surface area contributed by atoms with Gasteiger partial charge in [0.25, 0.3) is 0 Å². The molecule has 0 heterocycles. The summed E-state index contributed by atoms with van der Waals surface area (Å²) in [6.45, 7) is 4.27. The van der Waals surface area contributed by atoms with E-state index in [-0.39, 0.29) is 5.92 Å². The maximum absolute atomic E-state index is 10.7. The first-order valence-corrected chi connectivity index (χ1v) is 7.44. The van der Waals surface area contributed by atoms with E-state index in [9.17, 15) is 4.21 Å². The Bertz CT molecular complexity index is 232. The largest absolute Gasteiger partial charge is 0.384 e. The molecule has 0 aromatic carbocycles. The van der Waals surface area contributed by atoms with Crippen molar-refractivity contribution in [2.75, 3.05) is 6.26 Å². The molecule has 0 saturated heterocycles. The Hall–Kier alpha value is -0.580. The van der Waals surface area contributed by atoms with E-state index >= 15 is 0 Å². The Kier molecular flexibility index (Phi) is 9.28. The van der Waals surface area contributed by atoms with E-state index in [0.29, 0.717) is 5.84 Å². The van der Waals surface area contributed by atoms with Gasteiger partial charge < -0.3 is 5.73 Å². The van der Waals surface area contributed by atoms with Crippen LogP contribution in [0.5, 0.6) is 0 Å². The van der Waals surface area contributed by atoms with Gasteiger partial charge in [-0.1, -0.05) is 44.7 Å². The molecule has 0 spiro atoms. The molecule has 2 N–H and O–H groups in total. The number of hydrogen-bond acceptors (Lipinski definition) is 3. The summed E-state index contributed by atoms with van der Waals surface area (Å²) >= 11 is -1.38. The normalized spacial score (nSPS) is 15.8. The van der Waals surface area contributed by atoms with E-state index in [1.54, 1.807) is 0 Å². The number of nitrogens with zero attached hydrogens (tertiary/aromatic N) is 1. The molecule has 0 aliphatic carbocycles. The molecule has 0 saturated carbocycles. The highest BCUT2D eigenvalue weighted by molar-refractivity contribution is 7.79. The molecule has 0 aromatic heterocycles. The molecule has 5 heteroatoms. The van der Waals surface area contributed by atoms with Crippen molar-refractivity contribution in [2.24, 2.45) is 16.8 Å². The minimum absolute atomic E-state index is 0.250. The standard InChI is InChI=1S/C11H24N2O2S/c1-4-6-7-8-9-10(5-2)11(12)13-15-16(3)14/h10H,4-9H2,1-3H3,(H2,12,13). The van der Waals surface area contributed by atoms with Crippen LogP contribution in [0.2, 0.25) is 0 Å². The van der Waals surface area contributed by atoms with Crippen LogP contribution in [0.1, 0.15) is 52.4 Å². The zero-order chi connectivity index (χ0) is 12.4. The summed E-state index contributed by atoms with van der Waals surface area (Å²) in [7, 11) is 0. The van der Waals surface area contributed by atoms with Gasteiger partial charge in [0.05, 0.1) is 6.26 Å². The zero-order valence-corrected chi connectivity index (χ0v) is 11.4. The van der Waals surface area contributed by atoms with Crippen LogP contribution >= 0.6 is 0 Å². The molecule has 0 rings (SSSR count). The highest BCUT2D eigenvalue weighted by Gasteiger charge is 2.11. The molecule has 4 nitrogen and oxygen atoms in total. The van der Waals surface area contributed by atoms with Gasteiger partial charge in [0, 0.05) is 5.92 Å². The molecule has 2 atom stereocenters. The van der Waals surface area contributed by atoms with Crippen LogP contribution in [0.3, 0.4) is 0 Å². The minimum atomic E-state index is -1.38. The molecular weight excluding hydrogens is 224 g/mol. The number of nitrogens with two attached hydrogens (primary N) is 1. The minimum Gasteiger partial charge on any atom is -0.384 e. The lowest BCUT2D eigenvalue weighted by Gasteiger charge is -2.12. The Morgan fingerprint density at radius 1 is 1.38 bits per heavy atom. The van der Waals surface area contributed by atoms with Crippen molar-refractivity contribution in [1.29, 1.82) is 0 Å². The lowest BCUT2D eigenvalue weighted by Crippen LogP contribution is -2.23. The SMILES string of the molecule is CCCCCCC(CC)/C(N)=N/OS(C)=O. The predicted molar refractivity (Wildman–Crippen MR) is 69.3 cm³/mol. The van der Waals surface area contributed by atoms with Crippen LogP contribution in [0, 0.1) is 5.92 Å². The molecule has 0 fully saturated rings. The Morgan fingerprint density at radius 2 is 2.06 bits per heavy atom. The van der Waals surface area contributed by atoms with E-state index in [2.05, 4.69) is 23.3 Å². The third-order valence-electron chi connectivity index (χ3n) is 2.56. The van der Waals surface area contributed by atoms with E-state index in [0.717, 1.165) is 19.3 Å². The maximum atomic E-state index is 10.7. The first-order valence-electron chi connectivity index (χ1n) is 5.96. The predicted octanol–water partition coefficient (Wildman–Crippen LogP) is 2.57. The Labute approximate surface area is 101 Å². The lowest BCUT2D eigenvalue weighted by molar-refractivity contribution is 0.368. The molecule has 0 aliphatic heterocycles. The molecule has 0 amide bonds. The van der Waals surface area contributed by atoms with Gasteiger partial charge in [0.15, 0.2) is 0 Å². The second-order valence-electron chi connectivity index (χ2n) is 3.95. The second kappa shape index (κ2) is 9.63. The Morgan fingerprint density at radius 3 is 2.56 bits per heavy atom. The van der Waals surface area contributed by atoms with Gasteiger partial charge in [-0.3, -0.25) is 4.28 Å². The van der Waals surface area contributed by atoms with Crippen molar-refractivity contribution >= 4 is 16.9 Å². The molecule has 0 radical (unpaired) electrons. The average molecular weight is 248 g/mol. The Balaban J connectivity index is 3.95. The van der Waals surface area contributed by atoms with Gasteiger partial charge >= 0.3 is 0 Å². The monoisotopic (exact) mass is 248 g/mol. The van der Waals surface area contributed by atoms with Gasteiger partial charge in [0.1, 0.15) is 5.84 Å². The third-order valence-corrected chi connectivity index (χ3v) is 2.85. The summed E-state index contributed by atoms with van der Waals surface area (Å²) in [6, 6.07) is 0. The van der Waals surface area contributed by atoms with Gasteiger partial charge in [-0.05, 0) is 12.8 Å². The number of rotatable bonds is 9. The van der Waals surface area contributed by atoms with Gasteiger partial charge in [-0.2, -0.15) is 0 Å². The zero-order valence-electron chi connectivity index (χ0n) is 10.6.